The zero-order valence-corrected chi connectivity index (χ0v) is 9.64. The molecule has 0 aliphatic carbocycles. The van der Waals surface area contributed by atoms with E-state index < -0.39 is 0 Å². The summed E-state index contributed by atoms with van der Waals surface area (Å²) >= 11 is 1.74. The maximum Gasteiger partial charge on any atom is 0.136 e. The van der Waals surface area contributed by atoms with Crippen molar-refractivity contribution in [3.05, 3.63) is 40.0 Å². The summed E-state index contributed by atoms with van der Waals surface area (Å²) < 4.78 is 0. The van der Waals surface area contributed by atoms with Gasteiger partial charge in [0.15, 0.2) is 0 Å². The summed E-state index contributed by atoms with van der Waals surface area (Å²) in [5.74, 6) is 1.76. The molecule has 4 heteroatoms. The van der Waals surface area contributed by atoms with Crippen LogP contribution in [0.1, 0.15) is 16.4 Å². The number of hydrogen-bond acceptors (Lipinski definition) is 4. The molecule has 2 aromatic heterocycles. The first kappa shape index (κ1) is 10.1. The minimum atomic E-state index is 0.814. The number of aryl methyl sites for hydroxylation is 1. The van der Waals surface area contributed by atoms with Crippen molar-refractivity contribution in [1.29, 1.82) is 0 Å². The Balaban J connectivity index is 2.24. The third-order valence-corrected chi connectivity index (χ3v) is 2.95. The van der Waals surface area contributed by atoms with Crippen molar-refractivity contribution >= 4 is 17.2 Å². The van der Waals surface area contributed by atoms with Crippen LogP contribution in [-0.2, 0) is 6.42 Å². The molecule has 0 aliphatic heterocycles. The predicted octanol–water partition coefficient (Wildman–Crippen LogP) is 2.48. The maximum atomic E-state index is 4.41. The van der Waals surface area contributed by atoms with E-state index in [9.17, 15) is 0 Å². The lowest BCUT2D eigenvalue weighted by molar-refractivity contribution is 0.954. The van der Waals surface area contributed by atoms with E-state index >= 15 is 0 Å². The summed E-state index contributed by atoms with van der Waals surface area (Å²) in [6, 6.07) is 6.10. The zero-order valence-electron chi connectivity index (χ0n) is 8.82. The molecule has 0 aliphatic rings. The van der Waals surface area contributed by atoms with Gasteiger partial charge in [0.1, 0.15) is 11.6 Å². The monoisotopic (exact) mass is 219 g/mol. The number of rotatable bonds is 3. The Morgan fingerprint density at radius 1 is 1.40 bits per heavy atom. The quantitative estimate of drug-likeness (QED) is 0.861. The molecule has 2 rings (SSSR count). The van der Waals surface area contributed by atoms with Gasteiger partial charge in [-0.1, -0.05) is 6.07 Å². The summed E-state index contributed by atoms with van der Waals surface area (Å²) in [7, 11) is 1.87. The van der Waals surface area contributed by atoms with Gasteiger partial charge in [0.2, 0.25) is 0 Å². The third-order valence-electron chi connectivity index (χ3n) is 2.07. The lowest BCUT2D eigenvalue weighted by atomic mass is 10.3. The Labute approximate surface area is 93.2 Å². The molecule has 2 heterocycles. The van der Waals surface area contributed by atoms with Gasteiger partial charge in [-0.3, -0.25) is 0 Å². The largest absolute Gasteiger partial charge is 0.373 e. The average Bonchev–Trinajstić information content (AvgIpc) is 2.69. The molecule has 78 valence electrons. The van der Waals surface area contributed by atoms with Crippen molar-refractivity contribution in [3.63, 3.8) is 0 Å². The molecule has 0 saturated heterocycles. The maximum absolute atomic E-state index is 4.41. The second-order valence-corrected chi connectivity index (χ2v) is 4.35. The fourth-order valence-electron chi connectivity index (χ4n) is 1.41. The van der Waals surface area contributed by atoms with Crippen LogP contribution in [0.5, 0.6) is 0 Å². The Hall–Kier alpha value is -1.42. The summed E-state index contributed by atoms with van der Waals surface area (Å²) in [6.45, 7) is 1.99. The van der Waals surface area contributed by atoms with Gasteiger partial charge in [0.25, 0.3) is 0 Å². The second kappa shape index (κ2) is 4.40. The average molecular weight is 219 g/mol. The minimum Gasteiger partial charge on any atom is -0.373 e. The first-order valence-electron chi connectivity index (χ1n) is 4.82. The van der Waals surface area contributed by atoms with E-state index in [2.05, 4.69) is 32.8 Å². The van der Waals surface area contributed by atoms with E-state index in [4.69, 9.17) is 0 Å². The lowest BCUT2D eigenvalue weighted by Crippen LogP contribution is -2.01. The normalized spacial score (nSPS) is 10.3. The van der Waals surface area contributed by atoms with Crippen LogP contribution in [0.15, 0.2) is 23.6 Å². The van der Waals surface area contributed by atoms with Crippen LogP contribution >= 0.6 is 11.3 Å². The molecule has 0 unspecified atom stereocenters. The van der Waals surface area contributed by atoms with Crippen molar-refractivity contribution in [2.24, 2.45) is 0 Å². The fraction of sp³-hybridized carbons (Fsp3) is 0.273. The number of nitrogens with one attached hydrogen (secondary N) is 1. The molecular weight excluding hydrogens is 206 g/mol. The van der Waals surface area contributed by atoms with E-state index in [0.29, 0.717) is 0 Å². The predicted molar refractivity (Wildman–Crippen MR) is 63.4 cm³/mol. The molecule has 0 aromatic carbocycles. The van der Waals surface area contributed by atoms with Crippen molar-refractivity contribution in [2.75, 3.05) is 12.4 Å². The molecule has 0 spiro atoms. The molecule has 1 N–H and O–H groups in total. The van der Waals surface area contributed by atoms with Crippen molar-refractivity contribution in [1.82, 2.24) is 9.97 Å². The number of thiophene rings is 1. The van der Waals surface area contributed by atoms with Crippen LogP contribution in [-0.4, -0.2) is 17.0 Å². The van der Waals surface area contributed by atoms with E-state index in [1.54, 1.807) is 11.3 Å². The number of nitrogens with zero attached hydrogens (tertiary/aromatic N) is 2. The van der Waals surface area contributed by atoms with Gasteiger partial charge in [-0.15, -0.1) is 11.3 Å². The van der Waals surface area contributed by atoms with E-state index in [0.717, 1.165) is 23.8 Å². The molecule has 3 nitrogen and oxygen atoms in total. The van der Waals surface area contributed by atoms with E-state index in [1.807, 2.05) is 20.0 Å². The lowest BCUT2D eigenvalue weighted by Gasteiger charge is -2.04. The first-order chi connectivity index (χ1) is 7.28. The van der Waals surface area contributed by atoms with Gasteiger partial charge in [-0.05, 0) is 18.4 Å². The van der Waals surface area contributed by atoms with Gasteiger partial charge < -0.3 is 5.32 Å². The SMILES string of the molecule is CNc1cc(C)nc(Cc2cccs2)n1. The topological polar surface area (TPSA) is 37.8 Å². The summed E-state index contributed by atoms with van der Waals surface area (Å²) in [5, 5.41) is 5.11. The minimum absolute atomic E-state index is 0.814. The highest BCUT2D eigenvalue weighted by Gasteiger charge is 2.03. The number of anilines is 1. The Morgan fingerprint density at radius 2 is 2.27 bits per heavy atom. The van der Waals surface area contributed by atoms with Crippen LogP contribution in [0, 0.1) is 6.92 Å². The number of hydrogen-bond donors (Lipinski definition) is 1. The Kier molecular flexibility index (Phi) is 2.97. The van der Waals surface area contributed by atoms with Gasteiger partial charge in [-0.25, -0.2) is 9.97 Å². The molecule has 0 atom stereocenters. The first-order valence-corrected chi connectivity index (χ1v) is 5.70. The molecule has 0 fully saturated rings. The molecule has 15 heavy (non-hydrogen) atoms. The van der Waals surface area contributed by atoms with Gasteiger partial charge in [-0.2, -0.15) is 0 Å². The third kappa shape index (κ3) is 2.53. The molecule has 0 saturated carbocycles. The standard InChI is InChI=1S/C11H13N3S/c1-8-6-10(12-2)14-11(13-8)7-9-4-3-5-15-9/h3-6H,7H2,1-2H3,(H,12,13,14). The molecule has 0 bridgehead atoms. The Bertz CT molecular complexity index is 437. The van der Waals surface area contributed by atoms with Crippen LogP contribution in [0.2, 0.25) is 0 Å². The molecular formula is C11H13N3S. The van der Waals surface area contributed by atoms with Crippen molar-refractivity contribution in [3.8, 4) is 0 Å². The van der Waals surface area contributed by atoms with Crippen LogP contribution in [0.3, 0.4) is 0 Å². The highest BCUT2D eigenvalue weighted by Crippen LogP contribution is 2.14. The van der Waals surface area contributed by atoms with Crippen LogP contribution in [0.25, 0.3) is 0 Å². The zero-order chi connectivity index (χ0) is 10.7. The van der Waals surface area contributed by atoms with Crippen molar-refractivity contribution < 1.29 is 0 Å². The van der Waals surface area contributed by atoms with Gasteiger partial charge in [0, 0.05) is 30.1 Å². The number of aromatic nitrogens is 2. The van der Waals surface area contributed by atoms with Crippen LogP contribution < -0.4 is 5.32 Å². The molecule has 0 radical (unpaired) electrons. The summed E-state index contributed by atoms with van der Waals surface area (Å²) in [4.78, 5) is 10.1. The van der Waals surface area contributed by atoms with Gasteiger partial charge >= 0.3 is 0 Å². The van der Waals surface area contributed by atoms with Gasteiger partial charge in [0.05, 0.1) is 0 Å². The smallest absolute Gasteiger partial charge is 0.136 e. The molecule has 0 amide bonds. The highest BCUT2D eigenvalue weighted by atomic mass is 32.1. The van der Waals surface area contributed by atoms with Crippen LogP contribution in [0.4, 0.5) is 5.82 Å². The Morgan fingerprint density at radius 3 is 2.93 bits per heavy atom. The highest BCUT2D eigenvalue weighted by molar-refractivity contribution is 7.09. The van der Waals surface area contributed by atoms with E-state index in [-0.39, 0.29) is 0 Å². The van der Waals surface area contributed by atoms with Crippen molar-refractivity contribution in [2.45, 2.75) is 13.3 Å². The fourth-order valence-corrected chi connectivity index (χ4v) is 2.11. The molecule has 2 aromatic rings. The second-order valence-electron chi connectivity index (χ2n) is 3.32. The van der Waals surface area contributed by atoms with E-state index in [1.165, 1.54) is 4.88 Å². The summed E-state index contributed by atoms with van der Waals surface area (Å²) in [6.07, 6.45) is 0.814. The summed E-state index contributed by atoms with van der Waals surface area (Å²) in [5.41, 5.74) is 1.00.